The highest BCUT2D eigenvalue weighted by atomic mass is 35.5. The summed E-state index contributed by atoms with van der Waals surface area (Å²) in [6, 6.07) is 14.4. The Bertz CT molecular complexity index is 997. The van der Waals surface area contributed by atoms with E-state index in [1.165, 1.54) is 18.3 Å². The minimum atomic E-state index is -1.65. The molecule has 2 aromatic carbocycles. The van der Waals surface area contributed by atoms with Gasteiger partial charge in [0.2, 0.25) is 5.78 Å². The standard InChI is InChI=1S/C18H11Cl3N2O2S/c19-11-4-7-16(13(9-11)18(24)17-3-1-2-8-22-17)23-26(25)12-5-6-14(20)15(21)10-12/h1-10,23H. The second-order valence-electron chi connectivity index (χ2n) is 5.18. The summed E-state index contributed by atoms with van der Waals surface area (Å²) in [6.07, 6.45) is 1.53. The van der Waals surface area contributed by atoms with Crippen LogP contribution in [0.3, 0.4) is 0 Å². The number of aromatic nitrogens is 1. The molecular formula is C18H11Cl3N2O2S. The SMILES string of the molecule is O=C(c1ccccn1)c1cc(Cl)ccc1NS(=O)c1ccc(Cl)c(Cl)c1. The van der Waals surface area contributed by atoms with E-state index < -0.39 is 11.0 Å². The monoisotopic (exact) mass is 424 g/mol. The minimum absolute atomic E-state index is 0.262. The van der Waals surface area contributed by atoms with Gasteiger partial charge in [-0.25, -0.2) is 4.21 Å². The molecule has 0 saturated carbocycles. The first-order chi connectivity index (χ1) is 12.5. The fourth-order valence-electron chi connectivity index (χ4n) is 2.18. The molecule has 4 nitrogen and oxygen atoms in total. The molecule has 132 valence electrons. The third kappa shape index (κ3) is 4.24. The highest BCUT2D eigenvalue weighted by Crippen LogP contribution is 2.27. The Hall–Kier alpha value is -1.92. The Labute approximate surface area is 167 Å². The first kappa shape index (κ1) is 18.9. The second kappa shape index (κ2) is 8.18. The molecule has 1 atom stereocenters. The summed E-state index contributed by atoms with van der Waals surface area (Å²) in [5, 5.41) is 1.04. The van der Waals surface area contributed by atoms with Gasteiger partial charge in [-0.3, -0.25) is 9.78 Å². The number of hydrogen-bond donors (Lipinski definition) is 1. The molecule has 8 heteroatoms. The molecule has 0 aliphatic rings. The Morgan fingerprint density at radius 2 is 1.77 bits per heavy atom. The molecule has 1 heterocycles. The van der Waals surface area contributed by atoms with Gasteiger partial charge in [-0.2, -0.15) is 0 Å². The molecule has 26 heavy (non-hydrogen) atoms. The lowest BCUT2D eigenvalue weighted by molar-refractivity contribution is 0.103. The number of rotatable bonds is 5. The largest absolute Gasteiger partial charge is 0.300 e. The van der Waals surface area contributed by atoms with Gasteiger partial charge in [0, 0.05) is 16.8 Å². The number of benzene rings is 2. The van der Waals surface area contributed by atoms with Crippen molar-refractivity contribution in [1.82, 2.24) is 4.98 Å². The molecular weight excluding hydrogens is 415 g/mol. The van der Waals surface area contributed by atoms with Crippen molar-refractivity contribution in [2.45, 2.75) is 4.90 Å². The molecule has 0 aliphatic carbocycles. The molecule has 3 rings (SSSR count). The zero-order valence-electron chi connectivity index (χ0n) is 13.1. The van der Waals surface area contributed by atoms with Gasteiger partial charge in [-0.1, -0.05) is 40.9 Å². The molecule has 0 amide bonds. The smallest absolute Gasteiger partial charge is 0.213 e. The minimum Gasteiger partial charge on any atom is -0.300 e. The summed E-state index contributed by atoms with van der Waals surface area (Å²) >= 11 is 17.9. The molecule has 1 N–H and O–H groups in total. The van der Waals surface area contributed by atoms with Crippen LogP contribution < -0.4 is 4.72 Å². The van der Waals surface area contributed by atoms with Crippen molar-refractivity contribution in [2.24, 2.45) is 0 Å². The van der Waals surface area contributed by atoms with Gasteiger partial charge < -0.3 is 4.72 Å². The van der Waals surface area contributed by atoms with Crippen LogP contribution in [0.15, 0.2) is 65.7 Å². The lowest BCUT2D eigenvalue weighted by atomic mass is 10.1. The molecule has 1 aromatic heterocycles. The predicted molar refractivity (Wildman–Crippen MR) is 106 cm³/mol. The van der Waals surface area contributed by atoms with Gasteiger partial charge >= 0.3 is 0 Å². The van der Waals surface area contributed by atoms with Gasteiger partial charge in [0.05, 0.1) is 20.6 Å². The average molecular weight is 426 g/mol. The highest BCUT2D eigenvalue weighted by molar-refractivity contribution is 7.86. The van der Waals surface area contributed by atoms with Gasteiger partial charge in [-0.15, -0.1) is 0 Å². The van der Waals surface area contributed by atoms with E-state index in [4.69, 9.17) is 34.8 Å². The number of carbonyl (C=O) groups excluding carboxylic acids is 1. The van der Waals surface area contributed by atoms with Crippen LogP contribution in [0.1, 0.15) is 16.1 Å². The van der Waals surface area contributed by atoms with Crippen molar-refractivity contribution in [3.8, 4) is 0 Å². The lowest BCUT2D eigenvalue weighted by Crippen LogP contribution is -2.11. The number of anilines is 1. The summed E-state index contributed by atoms with van der Waals surface area (Å²) in [5.41, 5.74) is 0.900. The summed E-state index contributed by atoms with van der Waals surface area (Å²) in [4.78, 5) is 17.2. The maximum atomic E-state index is 12.7. The Morgan fingerprint density at radius 3 is 2.46 bits per heavy atom. The molecule has 0 bridgehead atoms. The average Bonchev–Trinajstić information content (AvgIpc) is 2.65. The fraction of sp³-hybridized carbons (Fsp3) is 0. The van der Waals surface area contributed by atoms with Gasteiger partial charge in [0.15, 0.2) is 0 Å². The van der Waals surface area contributed by atoms with Gasteiger partial charge in [0.1, 0.15) is 16.7 Å². The first-order valence-electron chi connectivity index (χ1n) is 7.34. The summed E-state index contributed by atoms with van der Waals surface area (Å²) in [6.45, 7) is 0. The number of hydrogen-bond acceptors (Lipinski definition) is 3. The van der Waals surface area contributed by atoms with Crippen LogP contribution >= 0.6 is 34.8 Å². The number of ketones is 1. The number of nitrogens with one attached hydrogen (secondary N) is 1. The van der Waals surface area contributed by atoms with Crippen LogP contribution in [0.2, 0.25) is 15.1 Å². The lowest BCUT2D eigenvalue weighted by Gasteiger charge is -2.12. The normalized spacial score (nSPS) is 11.8. The summed E-state index contributed by atoms with van der Waals surface area (Å²) in [7, 11) is -1.65. The zero-order chi connectivity index (χ0) is 18.7. The van der Waals surface area contributed by atoms with Crippen molar-refractivity contribution in [1.29, 1.82) is 0 Å². The van der Waals surface area contributed by atoms with Crippen molar-refractivity contribution in [2.75, 3.05) is 4.72 Å². The van der Waals surface area contributed by atoms with Gasteiger partial charge in [-0.05, 0) is 48.5 Å². The number of pyridine rings is 1. The third-order valence-electron chi connectivity index (χ3n) is 3.43. The predicted octanol–water partition coefficient (Wildman–Crippen LogP) is 5.41. The van der Waals surface area contributed by atoms with Gasteiger partial charge in [0.25, 0.3) is 0 Å². The molecule has 0 fully saturated rings. The van der Waals surface area contributed by atoms with Crippen LogP contribution in [-0.2, 0) is 11.0 Å². The number of carbonyl (C=O) groups is 1. The topological polar surface area (TPSA) is 59.1 Å². The van der Waals surface area contributed by atoms with Crippen LogP contribution in [0.25, 0.3) is 0 Å². The molecule has 1 unspecified atom stereocenters. The zero-order valence-corrected chi connectivity index (χ0v) is 16.2. The van der Waals surface area contributed by atoms with E-state index in [1.54, 1.807) is 42.5 Å². The molecule has 0 spiro atoms. The Morgan fingerprint density at radius 1 is 0.962 bits per heavy atom. The highest BCUT2D eigenvalue weighted by Gasteiger charge is 2.17. The Balaban J connectivity index is 1.94. The maximum absolute atomic E-state index is 12.7. The van der Waals surface area contributed by atoms with E-state index in [0.717, 1.165) is 0 Å². The molecule has 0 saturated heterocycles. The van der Waals surface area contributed by atoms with Crippen molar-refractivity contribution in [3.63, 3.8) is 0 Å². The fourth-order valence-corrected chi connectivity index (χ4v) is 3.63. The maximum Gasteiger partial charge on any atom is 0.213 e. The van der Waals surface area contributed by atoms with Crippen molar-refractivity contribution in [3.05, 3.63) is 87.1 Å². The summed E-state index contributed by atoms with van der Waals surface area (Å²) < 4.78 is 15.4. The number of halogens is 3. The van der Waals surface area contributed by atoms with Crippen molar-refractivity contribution >= 4 is 57.3 Å². The summed E-state index contributed by atoms with van der Waals surface area (Å²) in [5.74, 6) is -0.332. The first-order valence-corrected chi connectivity index (χ1v) is 9.63. The van der Waals surface area contributed by atoms with E-state index in [-0.39, 0.29) is 17.0 Å². The molecule has 0 aliphatic heterocycles. The molecule has 0 radical (unpaired) electrons. The molecule has 3 aromatic rings. The van der Waals surface area contributed by atoms with Crippen LogP contribution in [0, 0.1) is 0 Å². The quantitative estimate of drug-likeness (QED) is 0.556. The van der Waals surface area contributed by atoms with Crippen LogP contribution in [0.4, 0.5) is 5.69 Å². The van der Waals surface area contributed by atoms with Crippen LogP contribution in [-0.4, -0.2) is 15.0 Å². The third-order valence-corrected chi connectivity index (χ3v) is 5.49. The Kier molecular flexibility index (Phi) is 5.94. The number of nitrogens with zero attached hydrogens (tertiary/aromatic N) is 1. The van der Waals surface area contributed by atoms with E-state index >= 15 is 0 Å². The van der Waals surface area contributed by atoms with Crippen molar-refractivity contribution < 1.29 is 9.00 Å². The van der Waals surface area contributed by atoms with E-state index in [2.05, 4.69) is 9.71 Å². The van der Waals surface area contributed by atoms with E-state index in [9.17, 15) is 9.00 Å². The second-order valence-corrected chi connectivity index (χ2v) is 7.64. The van der Waals surface area contributed by atoms with Crippen LogP contribution in [0.5, 0.6) is 0 Å². The van der Waals surface area contributed by atoms with E-state index in [0.29, 0.717) is 25.7 Å². The van der Waals surface area contributed by atoms with E-state index in [1.807, 2.05) is 0 Å².